The highest BCUT2D eigenvalue weighted by Crippen LogP contribution is 2.31. The Morgan fingerprint density at radius 2 is 2.08 bits per heavy atom. The van der Waals surface area contributed by atoms with Crippen molar-refractivity contribution >= 4 is 6.03 Å². The maximum Gasteiger partial charge on any atom is 0.315 e. The number of amides is 2. The topological polar surface area (TPSA) is 53.6 Å². The third kappa shape index (κ3) is 4.63. The zero-order valence-corrected chi connectivity index (χ0v) is 14.6. The van der Waals surface area contributed by atoms with Gasteiger partial charge in [0.25, 0.3) is 0 Å². The average molecular weight is 331 g/mol. The molecule has 2 aliphatic rings. The molecule has 5 nitrogen and oxygen atoms in total. The Hall–Kier alpha value is -1.75. The van der Waals surface area contributed by atoms with E-state index in [4.69, 9.17) is 4.74 Å². The summed E-state index contributed by atoms with van der Waals surface area (Å²) in [5.74, 6) is 1.35. The molecule has 3 rings (SSSR count). The van der Waals surface area contributed by atoms with Gasteiger partial charge in [-0.15, -0.1) is 0 Å². The summed E-state index contributed by atoms with van der Waals surface area (Å²) in [6.45, 7) is 7.05. The van der Waals surface area contributed by atoms with Gasteiger partial charge in [0.05, 0.1) is 12.6 Å². The molecular weight excluding hydrogens is 302 g/mol. The Balaban J connectivity index is 1.43. The molecule has 0 saturated carbocycles. The number of benzene rings is 1. The smallest absolute Gasteiger partial charge is 0.315 e. The first-order valence-electron chi connectivity index (χ1n) is 9.21. The first-order valence-corrected chi connectivity index (χ1v) is 9.21. The number of rotatable bonds is 5. The van der Waals surface area contributed by atoms with E-state index in [-0.39, 0.29) is 12.1 Å². The molecule has 1 aromatic carbocycles. The molecule has 5 heteroatoms. The number of likely N-dealkylation sites (tertiary alicyclic amines) is 1. The lowest BCUT2D eigenvalue weighted by Gasteiger charge is -2.29. The fourth-order valence-corrected chi connectivity index (χ4v) is 3.62. The van der Waals surface area contributed by atoms with Crippen molar-refractivity contribution in [1.82, 2.24) is 15.5 Å². The Kier molecular flexibility index (Phi) is 5.96. The molecule has 2 heterocycles. The first-order chi connectivity index (χ1) is 11.7. The summed E-state index contributed by atoms with van der Waals surface area (Å²) in [5.41, 5.74) is 1.07. The molecule has 0 spiro atoms. The normalized spacial score (nSPS) is 22.1. The van der Waals surface area contributed by atoms with Crippen molar-refractivity contribution in [3.05, 3.63) is 29.8 Å². The lowest BCUT2D eigenvalue weighted by molar-refractivity contribution is 0.195. The highest BCUT2D eigenvalue weighted by Gasteiger charge is 2.22. The molecule has 2 atom stereocenters. The van der Waals surface area contributed by atoms with Crippen LogP contribution in [0, 0.1) is 5.92 Å². The van der Waals surface area contributed by atoms with Gasteiger partial charge < -0.3 is 20.3 Å². The maximum atomic E-state index is 12.2. The van der Waals surface area contributed by atoms with Gasteiger partial charge in [-0.25, -0.2) is 4.79 Å². The van der Waals surface area contributed by atoms with Gasteiger partial charge in [-0.3, -0.25) is 0 Å². The Morgan fingerprint density at radius 3 is 2.92 bits per heavy atom. The molecule has 1 saturated heterocycles. The van der Waals surface area contributed by atoms with Crippen molar-refractivity contribution < 1.29 is 9.53 Å². The second-order valence-electron chi connectivity index (χ2n) is 7.05. The summed E-state index contributed by atoms with van der Waals surface area (Å²) < 4.78 is 5.64. The predicted octanol–water partition coefficient (Wildman–Crippen LogP) is 2.93. The predicted molar refractivity (Wildman–Crippen MR) is 95.3 cm³/mol. The maximum absolute atomic E-state index is 12.2. The van der Waals surface area contributed by atoms with Crippen LogP contribution in [0.1, 0.15) is 44.2 Å². The molecule has 2 amide bonds. The zero-order valence-electron chi connectivity index (χ0n) is 14.6. The molecule has 2 aliphatic heterocycles. The van der Waals surface area contributed by atoms with Crippen molar-refractivity contribution in [2.75, 3.05) is 32.8 Å². The quantitative estimate of drug-likeness (QED) is 0.872. The van der Waals surface area contributed by atoms with Crippen LogP contribution in [0.25, 0.3) is 0 Å². The Labute approximate surface area is 144 Å². The van der Waals surface area contributed by atoms with Crippen LogP contribution in [0.4, 0.5) is 4.79 Å². The van der Waals surface area contributed by atoms with Crippen molar-refractivity contribution in [3.8, 4) is 5.75 Å². The van der Waals surface area contributed by atoms with Crippen LogP contribution in [0.15, 0.2) is 24.3 Å². The SMILES string of the molecule is CC(CNC(=O)NC1CCOc2ccccc21)CN1CCCCC1. The van der Waals surface area contributed by atoms with Gasteiger partial charge in [0.1, 0.15) is 5.75 Å². The van der Waals surface area contributed by atoms with Gasteiger partial charge in [0.2, 0.25) is 0 Å². The van der Waals surface area contributed by atoms with Gasteiger partial charge in [-0.1, -0.05) is 31.5 Å². The summed E-state index contributed by atoms with van der Waals surface area (Å²) in [6, 6.07) is 7.89. The molecular formula is C19H29N3O2. The van der Waals surface area contributed by atoms with E-state index in [1.807, 2.05) is 24.3 Å². The number of hydrogen-bond acceptors (Lipinski definition) is 3. The molecule has 0 bridgehead atoms. The van der Waals surface area contributed by atoms with Crippen molar-refractivity contribution in [2.45, 2.75) is 38.6 Å². The van der Waals surface area contributed by atoms with Crippen LogP contribution in [0.5, 0.6) is 5.75 Å². The molecule has 24 heavy (non-hydrogen) atoms. The van der Waals surface area contributed by atoms with Crippen LogP contribution in [0.3, 0.4) is 0 Å². The summed E-state index contributed by atoms with van der Waals surface area (Å²) in [5, 5.41) is 6.12. The number of nitrogens with zero attached hydrogens (tertiary/aromatic N) is 1. The molecule has 1 fully saturated rings. The lowest BCUT2D eigenvalue weighted by atomic mass is 10.0. The van der Waals surface area contributed by atoms with E-state index in [9.17, 15) is 4.79 Å². The summed E-state index contributed by atoms with van der Waals surface area (Å²) in [4.78, 5) is 14.8. The molecule has 132 valence electrons. The van der Waals surface area contributed by atoms with Crippen molar-refractivity contribution in [3.63, 3.8) is 0 Å². The van der Waals surface area contributed by atoms with E-state index < -0.39 is 0 Å². The third-order valence-corrected chi connectivity index (χ3v) is 4.89. The molecule has 2 N–H and O–H groups in total. The first kappa shape index (κ1) is 17.1. The van der Waals surface area contributed by atoms with E-state index in [1.165, 1.54) is 32.4 Å². The minimum absolute atomic E-state index is 0.0346. The van der Waals surface area contributed by atoms with Gasteiger partial charge in [-0.05, 0) is 37.9 Å². The Bertz CT molecular complexity index is 543. The minimum Gasteiger partial charge on any atom is -0.493 e. The van der Waals surface area contributed by atoms with Crippen LogP contribution >= 0.6 is 0 Å². The number of hydrogen-bond donors (Lipinski definition) is 2. The number of nitrogens with one attached hydrogen (secondary N) is 2. The summed E-state index contributed by atoms with van der Waals surface area (Å²) in [7, 11) is 0. The number of carbonyl (C=O) groups is 1. The summed E-state index contributed by atoms with van der Waals surface area (Å²) >= 11 is 0. The average Bonchev–Trinajstić information content (AvgIpc) is 2.61. The van der Waals surface area contributed by atoms with E-state index >= 15 is 0 Å². The van der Waals surface area contributed by atoms with Gasteiger partial charge >= 0.3 is 6.03 Å². The number of ether oxygens (including phenoxy) is 1. The van der Waals surface area contributed by atoms with Crippen molar-refractivity contribution in [1.29, 1.82) is 0 Å². The number of urea groups is 1. The van der Waals surface area contributed by atoms with Gasteiger partial charge in [0, 0.05) is 25.1 Å². The van der Waals surface area contributed by atoms with Crippen molar-refractivity contribution in [2.24, 2.45) is 5.92 Å². The standard InChI is InChI=1S/C19H29N3O2/c1-15(14-22-10-5-2-6-11-22)13-20-19(23)21-17-9-12-24-18-8-4-3-7-16(17)18/h3-4,7-8,15,17H,2,5-6,9-14H2,1H3,(H2,20,21,23). The van der Waals surface area contributed by atoms with E-state index in [1.54, 1.807) is 0 Å². The van der Waals surface area contributed by atoms with Gasteiger partial charge in [-0.2, -0.15) is 0 Å². The van der Waals surface area contributed by atoms with E-state index in [0.717, 1.165) is 24.3 Å². The zero-order chi connectivity index (χ0) is 16.8. The highest BCUT2D eigenvalue weighted by molar-refractivity contribution is 5.74. The number of carbonyl (C=O) groups excluding carboxylic acids is 1. The minimum atomic E-state index is -0.0813. The highest BCUT2D eigenvalue weighted by atomic mass is 16.5. The fourth-order valence-electron chi connectivity index (χ4n) is 3.62. The largest absolute Gasteiger partial charge is 0.493 e. The molecule has 0 aromatic heterocycles. The molecule has 2 unspecified atom stereocenters. The monoisotopic (exact) mass is 331 g/mol. The van der Waals surface area contributed by atoms with Gasteiger partial charge in [0.15, 0.2) is 0 Å². The third-order valence-electron chi connectivity index (χ3n) is 4.89. The second-order valence-corrected chi connectivity index (χ2v) is 7.05. The second kappa shape index (κ2) is 8.38. The number of para-hydroxylation sites is 1. The lowest BCUT2D eigenvalue weighted by Crippen LogP contribution is -2.43. The summed E-state index contributed by atoms with van der Waals surface area (Å²) in [6.07, 6.45) is 4.79. The molecule has 1 aromatic rings. The fraction of sp³-hybridized carbons (Fsp3) is 0.632. The Morgan fingerprint density at radius 1 is 1.29 bits per heavy atom. The molecule has 0 aliphatic carbocycles. The van der Waals surface area contributed by atoms with Crippen LogP contribution in [-0.4, -0.2) is 43.7 Å². The van der Waals surface area contributed by atoms with Crippen LogP contribution in [0.2, 0.25) is 0 Å². The number of fused-ring (bicyclic) bond motifs is 1. The van der Waals surface area contributed by atoms with E-state index in [2.05, 4.69) is 22.5 Å². The van der Waals surface area contributed by atoms with E-state index in [0.29, 0.717) is 19.1 Å². The number of piperidine rings is 1. The van der Waals surface area contributed by atoms with Crippen LogP contribution in [-0.2, 0) is 0 Å². The van der Waals surface area contributed by atoms with Crippen LogP contribution < -0.4 is 15.4 Å². The molecule has 0 radical (unpaired) electrons.